The zero-order valence-corrected chi connectivity index (χ0v) is 33.0. The Morgan fingerprint density at radius 2 is 1.74 bits per heavy atom. The standard InChI is InChI=1S/C40H56N6O7S/c1-8-10-19-28(33(47)36(49)41-21-9-2)42-35(48)32-31-27(40(31,6)7)23-46(32)37(50)34(39(3,4)5)44-38(51)43-29(25-16-12-11-13-17-25)24-45-22-26-18-14-15-20-30(26)54(45,52)53/h1,9,14-15,18,20,25,27-29,31-32,34H,2,10-13,16-17,19,21-24H2,3-7H3,(H,41,49)(H,42,48)(H2,43,44,51)/t27-,28?,29+,31-,32-,34+/m0/s1. The van der Waals surface area contributed by atoms with Crippen molar-refractivity contribution in [2.75, 3.05) is 19.6 Å². The molecule has 2 aliphatic carbocycles. The van der Waals surface area contributed by atoms with Crippen LogP contribution in [0.25, 0.3) is 0 Å². The van der Waals surface area contributed by atoms with Crippen LogP contribution in [0.5, 0.6) is 0 Å². The number of nitrogens with one attached hydrogen (secondary N) is 4. The lowest BCUT2D eigenvalue weighted by molar-refractivity contribution is -0.145. The molecule has 1 aromatic carbocycles. The Balaban J connectivity index is 1.34. The summed E-state index contributed by atoms with van der Waals surface area (Å²) >= 11 is 0. The Morgan fingerprint density at radius 1 is 1.06 bits per heavy atom. The van der Waals surface area contributed by atoms with E-state index in [9.17, 15) is 32.4 Å². The minimum absolute atomic E-state index is 0.0182. The molecule has 5 amide bonds. The third kappa shape index (κ3) is 8.52. The van der Waals surface area contributed by atoms with Crippen LogP contribution in [-0.4, -0.2) is 91.0 Å². The van der Waals surface area contributed by atoms with Crippen LogP contribution in [0, 0.1) is 40.9 Å². The maximum Gasteiger partial charge on any atom is 0.315 e. The van der Waals surface area contributed by atoms with E-state index in [1.807, 2.05) is 40.7 Å². The smallest absolute Gasteiger partial charge is 0.315 e. The van der Waals surface area contributed by atoms with Crippen LogP contribution in [0.3, 0.4) is 0 Å². The quantitative estimate of drug-likeness (QED) is 0.128. The molecule has 1 saturated heterocycles. The van der Waals surface area contributed by atoms with E-state index in [1.54, 1.807) is 18.2 Å². The van der Waals surface area contributed by atoms with E-state index in [2.05, 4.69) is 33.8 Å². The van der Waals surface area contributed by atoms with E-state index < -0.39 is 69.1 Å². The van der Waals surface area contributed by atoms with E-state index in [1.165, 1.54) is 15.3 Å². The highest BCUT2D eigenvalue weighted by atomic mass is 32.2. The number of nitrogens with zero attached hydrogens (tertiary/aromatic N) is 2. The number of urea groups is 1. The minimum atomic E-state index is -3.73. The van der Waals surface area contributed by atoms with Gasteiger partial charge >= 0.3 is 6.03 Å². The molecule has 2 aliphatic heterocycles. The first kappa shape index (κ1) is 41.0. The molecule has 2 saturated carbocycles. The lowest BCUT2D eigenvalue weighted by atomic mass is 9.83. The van der Waals surface area contributed by atoms with Gasteiger partial charge in [0.2, 0.25) is 27.6 Å². The van der Waals surface area contributed by atoms with Crippen LogP contribution in [0.4, 0.5) is 4.79 Å². The number of piperidine rings is 1. The van der Waals surface area contributed by atoms with Gasteiger partial charge in [0.05, 0.1) is 10.9 Å². The monoisotopic (exact) mass is 764 g/mol. The minimum Gasteiger partial charge on any atom is -0.346 e. The Bertz CT molecular complexity index is 1790. The zero-order valence-electron chi connectivity index (χ0n) is 32.2. The zero-order chi connectivity index (χ0) is 39.6. The van der Waals surface area contributed by atoms with Crippen molar-refractivity contribution in [3.63, 3.8) is 0 Å². The van der Waals surface area contributed by atoms with Crippen LogP contribution in [-0.2, 0) is 35.7 Å². The van der Waals surface area contributed by atoms with E-state index in [-0.39, 0.29) is 67.1 Å². The molecule has 1 unspecified atom stereocenters. The highest BCUT2D eigenvalue weighted by molar-refractivity contribution is 7.89. The Labute approximate surface area is 319 Å². The maximum atomic E-state index is 14.6. The summed E-state index contributed by atoms with van der Waals surface area (Å²) in [6.07, 6.45) is 11.8. The Hall–Kier alpha value is -4.22. The first-order valence-corrected chi connectivity index (χ1v) is 20.5. The number of carbonyl (C=O) groups excluding carboxylic acids is 5. The van der Waals surface area contributed by atoms with Crippen molar-refractivity contribution in [1.82, 2.24) is 30.5 Å². The van der Waals surface area contributed by atoms with Gasteiger partial charge in [0, 0.05) is 38.6 Å². The average molecular weight is 765 g/mol. The van der Waals surface area contributed by atoms with E-state index >= 15 is 0 Å². The van der Waals surface area contributed by atoms with Gasteiger partial charge in [-0.05, 0) is 59.5 Å². The fraction of sp³-hybridized carbons (Fsp3) is 0.625. The number of rotatable bonds is 14. The fourth-order valence-electron chi connectivity index (χ4n) is 8.66. The van der Waals surface area contributed by atoms with Gasteiger partial charge in [-0.25, -0.2) is 13.2 Å². The number of hydrogen-bond acceptors (Lipinski definition) is 7. The summed E-state index contributed by atoms with van der Waals surface area (Å²) in [4.78, 5) is 70.1. The SMILES string of the molecule is C#CCCC(NC(=O)[C@@H]1[C@@H]2[C@H](CN1C(=O)[C@@H](NC(=O)N[C@H](CN1Cc3ccccc3S1(=O)=O)C1CCCCC1)C(C)(C)C)C2(C)C)C(=O)C(=O)NCC=C. The van der Waals surface area contributed by atoms with Crippen LogP contribution in [0.2, 0.25) is 0 Å². The number of fused-ring (bicyclic) bond motifs is 2. The number of carbonyl (C=O) groups is 5. The second-order valence-electron chi connectivity index (χ2n) is 16.9. The van der Waals surface area contributed by atoms with E-state index in [4.69, 9.17) is 6.42 Å². The van der Waals surface area contributed by atoms with Crippen molar-refractivity contribution in [2.45, 2.75) is 115 Å². The van der Waals surface area contributed by atoms with Crippen LogP contribution in [0.15, 0.2) is 41.8 Å². The molecule has 0 bridgehead atoms. The molecule has 0 spiro atoms. The molecule has 0 radical (unpaired) electrons. The average Bonchev–Trinajstić information content (AvgIpc) is 3.38. The molecule has 14 heteroatoms. The third-order valence-electron chi connectivity index (χ3n) is 11.9. The van der Waals surface area contributed by atoms with Crippen LogP contribution >= 0.6 is 0 Å². The van der Waals surface area contributed by atoms with Gasteiger partial charge in [-0.3, -0.25) is 19.2 Å². The molecule has 1 aromatic rings. The summed E-state index contributed by atoms with van der Waals surface area (Å²) in [5, 5.41) is 11.2. The van der Waals surface area contributed by atoms with Crippen molar-refractivity contribution >= 4 is 39.6 Å². The number of sulfonamides is 1. The molecule has 5 rings (SSSR count). The fourth-order valence-corrected chi connectivity index (χ4v) is 10.3. The highest BCUT2D eigenvalue weighted by Crippen LogP contribution is 2.65. The van der Waals surface area contributed by atoms with E-state index in [0.717, 1.165) is 37.7 Å². The van der Waals surface area contributed by atoms with Crippen molar-refractivity contribution in [3.05, 3.63) is 42.5 Å². The predicted octanol–water partition coefficient (Wildman–Crippen LogP) is 3.11. The van der Waals surface area contributed by atoms with Crippen molar-refractivity contribution < 1.29 is 32.4 Å². The first-order valence-electron chi connectivity index (χ1n) is 19.1. The number of benzene rings is 1. The molecular formula is C40H56N6O7S. The molecule has 294 valence electrons. The van der Waals surface area contributed by atoms with Crippen molar-refractivity contribution in [1.29, 1.82) is 0 Å². The predicted molar refractivity (Wildman–Crippen MR) is 204 cm³/mol. The maximum absolute atomic E-state index is 14.6. The number of hydrogen-bond donors (Lipinski definition) is 4. The summed E-state index contributed by atoms with van der Waals surface area (Å²) in [5.41, 5.74) is -0.314. The molecule has 13 nitrogen and oxygen atoms in total. The number of terminal acetylenes is 1. The first-order chi connectivity index (χ1) is 25.4. The topological polar surface area (TPSA) is 174 Å². The number of likely N-dealkylation sites (tertiary alicyclic amines) is 1. The lowest BCUT2D eigenvalue weighted by Gasteiger charge is -2.38. The van der Waals surface area contributed by atoms with Gasteiger partial charge in [-0.1, -0.05) is 78.2 Å². The molecule has 2 heterocycles. The third-order valence-corrected chi connectivity index (χ3v) is 13.8. The summed E-state index contributed by atoms with van der Waals surface area (Å²) in [6, 6.07) is 2.64. The molecule has 54 heavy (non-hydrogen) atoms. The van der Waals surface area contributed by atoms with Crippen LogP contribution < -0.4 is 21.3 Å². The van der Waals surface area contributed by atoms with E-state index in [0.29, 0.717) is 0 Å². The lowest BCUT2D eigenvalue weighted by Crippen LogP contribution is -2.62. The Kier molecular flexibility index (Phi) is 12.3. The normalized spacial score (nSPS) is 24.4. The number of ketones is 1. The summed E-state index contributed by atoms with van der Waals surface area (Å²) in [7, 11) is -3.73. The van der Waals surface area contributed by atoms with Crippen LogP contribution in [0.1, 0.15) is 85.1 Å². The van der Waals surface area contributed by atoms with Gasteiger partial charge in [0.15, 0.2) is 0 Å². The second-order valence-corrected chi connectivity index (χ2v) is 18.8. The molecule has 6 atom stereocenters. The largest absolute Gasteiger partial charge is 0.346 e. The van der Waals surface area contributed by atoms with Gasteiger partial charge in [0.25, 0.3) is 5.91 Å². The molecule has 4 N–H and O–H groups in total. The number of amides is 5. The second kappa shape index (κ2) is 16.3. The number of Topliss-reactive ketones (excluding diaryl/α,β-unsaturated/α-hetero) is 1. The van der Waals surface area contributed by atoms with Crippen molar-refractivity contribution in [3.8, 4) is 12.3 Å². The van der Waals surface area contributed by atoms with Crippen molar-refractivity contribution in [2.24, 2.45) is 28.6 Å². The highest BCUT2D eigenvalue weighted by Gasteiger charge is 2.70. The molecule has 4 aliphatic rings. The molecule has 0 aromatic heterocycles. The molecule has 3 fully saturated rings. The van der Waals surface area contributed by atoms with Gasteiger partial charge in [0.1, 0.15) is 12.1 Å². The van der Waals surface area contributed by atoms with Gasteiger partial charge in [-0.15, -0.1) is 18.9 Å². The summed E-state index contributed by atoms with van der Waals surface area (Å²) in [6.45, 7) is 13.8. The van der Waals surface area contributed by atoms with Gasteiger partial charge < -0.3 is 26.2 Å². The van der Waals surface area contributed by atoms with Gasteiger partial charge in [-0.2, -0.15) is 4.31 Å². The Morgan fingerprint density at radius 3 is 2.37 bits per heavy atom. The summed E-state index contributed by atoms with van der Waals surface area (Å²) < 4.78 is 28.4. The summed E-state index contributed by atoms with van der Waals surface area (Å²) in [5.74, 6) is -0.389. The molecular weight excluding hydrogens is 709 g/mol.